The number of rotatable bonds is 2. The Morgan fingerprint density at radius 1 is 1.31 bits per heavy atom. The molecule has 1 saturated carbocycles. The molecule has 4 heteroatoms. The van der Waals surface area contributed by atoms with Crippen molar-refractivity contribution in [1.29, 1.82) is 0 Å². The fraction of sp³-hybridized carbons (Fsp3) is 0.333. The Kier molecular flexibility index (Phi) is 2.32. The van der Waals surface area contributed by atoms with Crippen LogP contribution in [0.1, 0.15) is 24.3 Å². The molecule has 2 N–H and O–H groups in total. The molecule has 0 saturated heterocycles. The van der Waals surface area contributed by atoms with E-state index in [1.165, 1.54) is 0 Å². The van der Waals surface area contributed by atoms with Crippen molar-refractivity contribution in [2.75, 3.05) is 0 Å². The van der Waals surface area contributed by atoms with Crippen LogP contribution in [0.15, 0.2) is 18.2 Å². The molecule has 1 aromatic carbocycles. The van der Waals surface area contributed by atoms with E-state index in [2.05, 4.69) is 0 Å². The Bertz CT molecular complexity index is 323. The zero-order valence-corrected chi connectivity index (χ0v) is 7.83. The monoisotopic (exact) mass is 196 g/mol. The summed E-state index contributed by atoms with van der Waals surface area (Å²) < 4.78 is 0. The second kappa shape index (κ2) is 3.33. The summed E-state index contributed by atoms with van der Waals surface area (Å²) in [5.41, 5.74) is 1.57. The van der Waals surface area contributed by atoms with E-state index >= 15 is 0 Å². The van der Waals surface area contributed by atoms with Gasteiger partial charge in [-0.05, 0) is 35.9 Å². The van der Waals surface area contributed by atoms with Gasteiger partial charge in [0, 0.05) is 5.02 Å². The maximum Gasteiger partial charge on any atom is 0.488 e. The number of halogens is 1. The van der Waals surface area contributed by atoms with Crippen LogP contribution in [-0.2, 0) is 0 Å². The van der Waals surface area contributed by atoms with Crippen molar-refractivity contribution in [1.82, 2.24) is 0 Å². The molecule has 13 heavy (non-hydrogen) atoms. The summed E-state index contributed by atoms with van der Waals surface area (Å²) in [6, 6.07) is 5.15. The molecule has 1 fully saturated rings. The SMILES string of the molecule is OB(O)c1ccc(Cl)c(C2CC2)c1. The lowest BCUT2D eigenvalue weighted by atomic mass is 9.79. The first-order valence-corrected chi connectivity index (χ1v) is 4.72. The highest BCUT2D eigenvalue weighted by Crippen LogP contribution is 2.42. The first kappa shape index (κ1) is 9.07. The van der Waals surface area contributed by atoms with E-state index < -0.39 is 7.12 Å². The number of hydrogen-bond acceptors (Lipinski definition) is 2. The number of hydrogen-bond donors (Lipinski definition) is 2. The van der Waals surface area contributed by atoms with Crippen molar-refractivity contribution < 1.29 is 10.0 Å². The Morgan fingerprint density at radius 2 is 2.00 bits per heavy atom. The van der Waals surface area contributed by atoms with Gasteiger partial charge in [0.2, 0.25) is 0 Å². The summed E-state index contributed by atoms with van der Waals surface area (Å²) in [5, 5.41) is 18.6. The van der Waals surface area contributed by atoms with Crippen LogP contribution in [0.25, 0.3) is 0 Å². The van der Waals surface area contributed by atoms with E-state index in [9.17, 15) is 0 Å². The van der Waals surface area contributed by atoms with Gasteiger partial charge in [-0.1, -0.05) is 23.7 Å². The van der Waals surface area contributed by atoms with E-state index in [0.29, 0.717) is 11.4 Å². The van der Waals surface area contributed by atoms with Crippen LogP contribution in [0.2, 0.25) is 5.02 Å². The zero-order chi connectivity index (χ0) is 9.42. The summed E-state index contributed by atoms with van der Waals surface area (Å²) in [5.74, 6) is 0.534. The molecule has 1 aliphatic carbocycles. The minimum Gasteiger partial charge on any atom is -0.423 e. The van der Waals surface area contributed by atoms with Gasteiger partial charge in [0.1, 0.15) is 0 Å². The third-order valence-corrected chi connectivity index (χ3v) is 2.68. The van der Waals surface area contributed by atoms with E-state index in [0.717, 1.165) is 23.4 Å². The van der Waals surface area contributed by atoms with Crippen LogP contribution in [0, 0.1) is 0 Å². The third-order valence-electron chi connectivity index (χ3n) is 2.34. The van der Waals surface area contributed by atoms with Crippen LogP contribution in [0.4, 0.5) is 0 Å². The lowest BCUT2D eigenvalue weighted by Crippen LogP contribution is -2.29. The predicted octanol–water partition coefficient (Wildman–Crippen LogP) is 0.897. The minimum absolute atomic E-state index is 0.520. The molecule has 1 aliphatic rings. The Morgan fingerprint density at radius 3 is 2.54 bits per heavy atom. The topological polar surface area (TPSA) is 40.5 Å². The van der Waals surface area contributed by atoms with Crippen LogP contribution in [-0.4, -0.2) is 17.2 Å². The van der Waals surface area contributed by atoms with E-state index in [1.54, 1.807) is 18.2 Å². The normalized spacial score (nSPS) is 15.9. The maximum atomic E-state index is 8.95. The van der Waals surface area contributed by atoms with Gasteiger partial charge in [-0.2, -0.15) is 0 Å². The van der Waals surface area contributed by atoms with Gasteiger partial charge in [-0.15, -0.1) is 0 Å². The standard InChI is InChI=1S/C9H10BClO2/c11-9-4-3-7(10(12)13)5-8(9)6-1-2-6/h3-6,12-13H,1-2H2. The van der Waals surface area contributed by atoms with Gasteiger partial charge in [-0.3, -0.25) is 0 Å². The van der Waals surface area contributed by atoms with Crippen molar-refractivity contribution in [3.63, 3.8) is 0 Å². The highest BCUT2D eigenvalue weighted by molar-refractivity contribution is 6.58. The van der Waals surface area contributed by atoms with Crippen molar-refractivity contribution in [2.45, 2.75) is 18.8 Å². The molecule has 0 unspecified atom stereocenters. The molecular formula is C9H10BClO2. The molecule has 0 aromatic heterocycles. The molecule has 0 atom stereocenters. The minimum atomic E-state index is -1.39. The third kappa shape index (κ3) is 1.88. The highest BCUT2D eigenvalue weighted by atomic mass is 35.5. The largest absolute Gasteiger partial charge is 0.488 e. The quantitative estimate of drug-likeness (QED) is 0.690. The molecule has 0 amide bonds. The average Bonchev–Trinajstić information content (AvgIpc) is 2.87. The molecule has 2 nitrogen and oxygen atoms in total. The van der Waals surface area contributed by atoms with Crippen LogP contribution >= 0.6 is 11.6 Å². The van der Waals surface area contributed by atoms with E-state index in [1.807, 2.05) is 0 Å². The number of benzene rings is 1. The van der Waals surface area contributed by atoms with Crippen LogP contribution in [0.3, 0.4) is 0 Å². The summed E-state index contributed by atoms with van der Waals surface area (Å²) in [7, 11) is -1.39. The van der Waals surface area contributed by atoms with Gasteiger partial charge in [0.05, 0.1) is 0 Å². The van der Waals surface area contributed by atoms with Gasteiger partial charge in [-0.25, -0.2) is 0 Å². The highest BCUT2D eigenvalue weighted by Gasteiger charge is 2.26. The predicted molar refractivity (Wildman–Crippen MR) is 53.3 cm³/mol. The Hall–Kier alpha value is -0.505. The molecule has 0 aliphatic heterocycles. The van der Waals surface area contributed by atoms with E-state index in [4.69, 9.17) is 21.6 Å². The molecule has 68 valence electrons. The first-order valence-electron chi connectivity index (χ1n) is 4.34. The van der Waals surface area contributed by atoms with Gasteiger partial charge < -0.3 is 10.0 Å². The van der Waals surface area contributed by atoms with Gasteiger partial charge in [0.25, 0.3) is 0 Å². The first-order chi connectivity index (χ1) is 6.18. The second-order valence-electron chi connectivity index (χ2n) is 3.43. The smallest absolute Gasteiger partial charge is 0.423 e. The van der Waals surface area contributed by atoms with Crippen molar-refractivity contribution in [3.05, 3.63) is 28.8 Å². The summed E-state index contributed by atoms with van der Waals surface area (Å²) in [6.07, 6.45) is 2.31. The summed E-state index contributed by atoms with van der Waals surface area (Å²) in [4.78, 5) is 0. The molecule has 0 heterocycles. The van der Waals surface area contributed by atoms with Gasteiger partial charge >= 0.3 is 7.12 Å². The van der Waals surface area contributed by atoms with E-state index in [-0.39, 0.29) is 0 Å². The zero-order valence-electron chi connectivity index (χ0n) is 7.07. The van der Waals surface area contributed by atoms with Crippen LogP contribution in [0.5, 0.6) is 0 Å². The van der Waals surface area contributed by atoms with Gasteiger partial charge in [0.15, 0.2) is 0 Å². The molecule has 0 spiro atoms. The molecule has 2 rings (SSSR count). The molecular weight excluding hydrogens is 186 g/mol. The fourth-order valence-corrected chi connectivity index (χ4v) is 1.70. The van der Waals surface area contributed by atoms with Crippen molar-refractivity contribution in [3.8, 4) is 0 Å². The fourth-order valence-electron chi connectivity index (χ4n) is 1.43. The maximum absolute atomic E-state index is 8.95. The lowest BCUT2D eigenvalue weighted by Gasteiger charge is -2.05. The molecule has 0 radical (unpaired) electrons. The summed E-state index contributed by atoms with van der Waals surface area (Å²) in [6.45, 7) is 0. The van der Waals surface area contributed by atoms with Crippen molar-refractivity contribution in [2.24, 2.45) is 0 Å². The lowest BCUT2D eigenvalue weighted by molar-refractivity contribution is 0.425. The summed E-state index contributed by atoms with van der Waals surface area (Å²) >= 11 is 5.97. The Balaban J connectivity index is 2.36. The molecule has 1 aromatic rings. The Labute approximate surface area is 82.3 Å². The van der Waals surface area contributed by atoms with Crippen molar-refractivity contribution >= 4 is 24.2 Å². The average molecular weight is 196 g/mol. The second-order valence-corrected chi connectivity index (χ2v) is 3.84. The molecule has 0 bridgehead atoms. The van der Waals surface area contributed by atoms with Crippen LogP contribution < -0.4 is 5.46 Å².